The molecular weight excluding hydrogens is 217 g/mol. The Kier molecular flexibility index (Phi) is 3.96. The maximum Gasteiger partial charge on any atom is 0.123 e. The summed E-state index contributed by atoms with van der Waals surface area (Å²) in [5.74, 6) is -0.368. The zero-order valence-electron chi connectivity index (χ0n) is 8.86. The first-order valence-electron chi connectivity index (χ1n) is 4.45. The van der Waals surface area contributed by atoms with Gasteiger partial charge in [0.15, 0.2) is 0 Å². The van der Waals surface area contributed by atoms with Gasteiger partial charge in [-0.3, -0.25) is 4.21 Å². The van der Waals surface area contributed by atoms with Crippen LogP contribution in [0.1, 0.15) is 20.8 Å². The Morgan fingerprint density at radius 2 is 1.80 bits per heavy atom. The average molecular weight is 230 g/mol. The third kappa shape index (κ3) is 4.51. The molecule has 0 radical (unpaired) electrons. The Balaban J connectivity index is 2.58. The molecule has 0 spiro atoms. The van der Waals surface area contributed by atoms with Crippen molar-refractivity contribution < 1.29 is 13.4 Å². The van der Waals surface area contributed by atoms with Gasteiger partial charge < -0.3 is 9.72 Å². The van der Waals surface area contributed by atoms with Gasteiger partial charge in [0.25, 0.3) is 0 Å². The molecule has 0 aliphatic rings. The van der Waals surface area contributed by atoms with Crippen LogP contribution in [-0.2, 0) is 15.8 Å². The predicted molar refractivity (Wildman–Crippen MR) is 57.0 cm³/mol. The highest BCUT2D eigenvalue weighted by atomic mass is 32.2. The zero-order valence-corrected chi connectivity index (χ0v) is 9.68. The molecule has 0 heterocycles. The van der Waals surface area contributed by atoms with Crippen LogP contribution in [0.5, 0.6) is 0 Å². The summed E-state index contributed by atoms with van der Waals surface area (Å²) in [6, 6.07) is 5.31. The fourth-order valence-electron chi connectivity index (χ4n) is 0.740. The first-order valence-corrected chi connectivity index (χ1v) is 5.56. The summed E-state index contributed by atoms with van der Waals surface area (Å²) < 4.78 is 24.1. The summed E-state index contributed by atoms with van der Waals surface area (Å²) in [4.78, 5) is 8.97. The van der Waals surface area contributed by atoms with Crippen LogP contribution >= 0.6 is 0 Å². The van der Waals surface area contributed by atoms with E-state index in [0.717, 1.165) is 0 Å². The van der Waals surface area contributed by atoms with Crippen LogP contribution in [0.25, 0.3) is 4.89 Å². The van der Waals surface area contributed by atoms with E-state index in [-0.39, 0.29) is 5.82 Å². The lowest BCUT2D eigenvalue weighted by Crippen LogP contribution is -2.17. The molecule has 0 aliphatic heterocycles. The van der Waals surface area contributed by atoms with E-state index < -0.39 is 16.6 Å². The molecule has 5 heteroatoms. The van der Waals surface area contributed by atoms with Crippen molar-refractivity contribution in [2.24, 2.45) is 0 Å². The smallest absolute Gasteiger partial charge is 0.123 e. The molecule has 0 fully saturated rings. The summed E-state index contributed by atoms with van der Waals surface area (Å²) in [6.45, 7) is 5.41. The quantitative estimate of drug-likeness (QED) is 0.749. The number of nitrogens with zero attached hydrogens (tertiary/aromatic N) is 1. The average Bonchev–Trinajstić information content (AvgIpc) is 2.14. The molecule has 1 aromatic rings. The molecule has 84 valence electrons. The van der Waals surface area contributed by atoms with Crippen molar-refractivity contribution in [3.05, 3.63) is 35.0 Å². The Morgan fingerprint density at radius 1 is 1.27 bits per heavy atom. The van der Waals surface area contributed by atoms with Crippen LogP contribution in [0.3, 0.4) is 0 Å². The van der Waals surface area contributed by atoms with E-state index in [1.807, 2.05) is 0 Å². The Hall–Kier alpha value is -0.780. The summed E-state index contributed by atoms with van der Waals surface area (Å²) in [7, 11) is -1.60. The summed E-state index contributed by atoms with van der Waals surface area (Å²) in [5, 5.41) is 0. The monoisotopic (exact) mass is 230 g/mol. The summed E-state index contributed by atoms with van der Waals surface area (Å²) >= 11 is 0. The van der Waals surface area contributed by atoms with Crippen LogP contribution in [0.15, 0.2) is 29.2 Å². The fraction of sp³-hybridized carbons (Fsp3) is 0.400. The number of halogens is 1. The van der Waals surface area contributed by atoms with Crippen molar-refractivity contribution in [2.45, 2.75) is 31.3 Å². The molecule has 0 saturated carbocycles. The van der Waals surface area contributed by atoms with Gasteiger partial charge in [-0.05, 0) is 56.0 Å². The molecule has 0 bridgehead atoms. The van der Waals surface area contributed by atoms with Crippen molar-refractivity contribution >= 4 is 11.0 Å². The molecule has 1 atom stereocenters. The second-order valence-corrected chi connectivity index (χ2v) is 5.10. The van der Waals surface area contributed by atoms with Crippen LogP contribution < -0.4 is 0 Å². The third-order valence-electron chi connectivity index (χ3n) is 1.39. The molecule has 0 aliphatic carbocycles. The number of hydrogen-bond donors (Lipinski definition) is 0. The number of hydrogen-bond acceptors (Lipinski definition) is 2. The standard InChI is InChI=1S/C10H13FNO2S/c1-10(2,3)14-12-15(13)9-6-4-8(11)5-7-9/h4-7H,1-3H3/q-1. The molecule has 1 unspecified atom stereocenters. The van der Waals surface area contributed by atoms with Gasteiger partial charge in [-0.15, -0.1) is 0 Å². The number of benzene rings is 1. The molecule has 0 saturated heterocycles. The molecule has 0 amide bonds. The Morgan fingerprint density at radius 3 is 2.27 bits per heavy atom. The highest BCUT2D eigenvalue weighted by Crippen LogP contribution is 2.18. The second-order valence-electron chi connectivity index (χ2n) is 3.98. The molecule has 0 aromatic heterocycles. The van der Waals surface area contributed by atoms with Gasteiger partial charge in [-0.2, -0.15) is 0 Å². The molecule has 0 N–H and O–H groups in total. The minimum Gasteiger partial charge on any atom is -0.468 e. The highest BCUT2D eigenvalue weighted by Gasteiger charge is 2.04. The maximum absolute atomic E-state index is 12.6. The molecule has 1 rings (SSSR count). The van der Waals surface area contributed by atoms with E-state index in [1.165, 1.54) is 24.3 Å². The first kappa shape index (κ1) is 12.3. The van der Waals surface area contributed by atoms with Crippen LogP contribution in [-0.4, -0.2) is 9.81 Å². The minimum absolute atomic E-state index is 0.368. The largest absolute Gasteiger partial charge is 0.468 e. The zero-order chi connectivity index (χ0) is 11.5. The molecular formula is C10H13FNO2S-. The van der Waals surface area contributed by atoms with E-state index in [2.05, 4.69) is 4.89 Å². The first-order chi connectivity index (χ1) is 6.88. The Bertz CT molecular complexity index is 345. The Labute approximate surface area is 91.2 Å². The predicted octanol–water partition coefficient (Wildman–Crippen LogP) is 2.95. The SMILES string of the molecule is CC(C)(C)O[N-]S(=O)c1ccc(F)cc1. The van der Waals surface area contributed by atoms with Crippen LogP contribution in [0, 0.1) is 5.82 Å². The van der Waals surface area contributed by atoms with Crippen LogP contribution in [0.2, 0.25) is 0 Å². The lowest BCUT2D eigenvalue weighted by Gasteiger charge is -2.31. The van der Waals surface area contributed by atoms with E-state index in [1.54, 1.807) is 20.8 Å². The lowest BCUT2D eigenvalue weighted by atomic mass is 10.2. The van der Waals surface area contributed by atoms with Crippen molar-refractivity contribution in [3.8, 4) is 0 Å². The lowest BCUT2D eigenvalue weighted by molar-refractivity contribution is 0.0683. The van der Waals surface area contributed by atoms with E-state index >= 15 is 0 Å². The van der Waals surface area contributed by atoms with Crippen molar-refractivity contribution in [2.75, 3.05) is 0 Å². The van der Waals surface area contributed by atoms with Gasteiger partial charge in [-0.25, -0.2) is 4.39 Å². The summed E-state index contributed by atoms with van der Waals surface area (Å²) in [5.41, 5.74) is -0.476. The second kappa shape index (κ2) is 4.83. The van der Waals surface area contributed by atoms with Gasteiger partial charge in [0.05, 0.1) is 0 Å². The van der Waals surface area contributed by atoms with Crippen molar-refractivity contribution in [3.63, 3.8) is 0 Å². The van der Waals surface area contributed by atoms with Gasteiger partial charge >= 0.3 is 0 Å². The van der Waals surface area contributed by atoms with Gasteiger partial charge in [0.1, 0.15) is 5.82 Å². The number of rotatable bonds is 3. The van der Waals surface area contributed by atoms with E-state index in [0.29, 0.717) is 4.90 Å². The molecule has 3 nitrogen and oxygen atoms in total. The van der Waals surface area contributed by atoms with E-state index in [9.17, 15) is 8.60 Å². The normalized spacial score (nSPS) is 13.9. The molecule has 1 aromatic carbocycles. The molecule has 15 heavy (non-hydrogen) atoms. The maximum atomic E-state index is 12.6. The fourth-order valence-corrected chi connectivity index (χ4v) is 1.49. The van der Waals surface area contributed by atoms with Gasteiger partial charge in [-0.1, -0.05) is 0 Å². The van der Waals surface area contributed by atoms with E-state index in [4.69, 9.17) is 4.84 Å². The van der Waals surface area contributed by atoms with Gasteiger partial charge in [0.2, 0.25) is 0 Å². The minimum atomic E-state index is -1.60. The van der Waals surface area contributed by atoms with Crippen LogP contribution in [0.4, 0.5) is 4.39 Å². The van der Waals surface area contributed by atoms with Crippen molar-refractivity contribution in [1.82, 2.24) is 0 Å². The topological polar surface area (TPSA) is 40.4 Å². The highest BCUT2D eigenvalue weighted by molar-refractivity contribution is 7.87. The summed E-state index contributed by atoms with van der Waals surface area (Å²) in [6.07, 6.45) is 0. The van der Waals surface area contributed by atoms with Crippen molar-refractivity contribution in [1.29, 1.82) is 0 Å². The third-order valence-corrected chi connectivity index (χ3v) is 2.28. The van der Waals surface area contributed by atoms with Gasteiger partial charge in [0, 0.05) is 10.5 Å².